The van der Waals surface area contributed by atoms with Gasteiger partial charge in [-0.1, -0.05) is 29.3 Å². The van der Waals surface area contributed by atoms with Crippen LogP contribution in [0.3, 0.4) is 0 Å². The fourth-order valence-electron chi connectivity index (χ4n) is 1.63. The molecule has 118 valence electrons. The van der Waals surface area contributed by atoms with Crippen LogP contribution in [0.1, 0.15) is 30.1 Å². The van der Waals surface area contributed by atoms with Crippen molar-refractivity contribution in [2.45, 2.75) is 30.8 Å². The maximum atomic E-state index is 14.0. The van der Waals surface area contributed by atoms with Gasteiger partial charge in [-0.05, 0) is 18.6 Å². The van der Waals surface area contributed by atoms with Gasteiger partial charge in [-0.15, -0.1) is 0 Å². The maximum absolute atomic E-state index is 14.0. The van der Waals surface area contributed by atoms with Crippen LogP contribution in [0.5, 0.6) is 0 Å². The number of carboxylic acids is 1. The Kier molecular flexibility index (Phi) is 6.26. The van der Waals surface area contributed by atoms with Gasteiger partial charge in [0, 0.05) is 11.0 Å². The van der Waals surface area contributed by atoms with Gasteiger partial charge in [0.1, 0.15) is 4.90 Å². The molecule has 0 fully saturated rings. The van der Waals surface area contributed by atoms with Crippen molar-refractivity contribution in [2.75, 3.05) is 6.54 Å². The molecule has 9 heteroatoms. The Morgan fingerprint density at radius 1 is 1.48 bits per heavy atom. The summed E-state index contributed by atoms with van der Waals surface area (Å²) >= 11 is 2.94. The molecular formula is C12H15BrFNO5S. The fourth-order valence-corrected chi connectivity index (χ4v) is 3.44. The Morgan fingerprint density at radius 2 is 2.10 bits per heavy atom. The molecule has 0 bridgehead atoms. The van der Waals surface area contributed by atoms with E-state index in [0.29, 0.717) is 12.8 Å². The van der Waals surface area contributed by atoms with Gasteiger partial charge in [0.15, 0.2) is 5.82 Å². The van der Waals surface area contributed by atoms with E-state index in [4.69, 9.17) is 5.11 Å². The Bertz CT molecular complexity index is 635. The number of nitrogens with one attached hydrogen (secondary N) is 1. The van der Waals surface area contributed by atoms with Crippen LogP contribution in [-0.2, 0) is 10.0 Å². The molecule has 0 aromatic heterocycles. The topological polar surface area (TPSA) is 104 Å². The zero-order chi connectivity index (χ0) is 16.2. The fraction of sp³-hybridized carbons (Fsp3) is 0.417. The molecule has 1 aromatic carbocycles. The molecule has 1 unspecified atom stereocenters. The van der Waals surface area contributed by atoms with Gasteiger partial charge in [0.05, 0.1) is 11.7 Å². The third kappa shape index (κ3) is 4.73. The smallest absolute Gasteiger partial charge is 0.338 e. The number of hydrogen-bond acceptors (Lipinski definition) is 4. The lowest BCUT2D eigenvalue weighted by Crippen LogP contribution is -2.32. The standard InChI is InChI=1S/C12H15BrFNO5S/c1-2-3-8(16)6-15-21(19,20)10-5-7(13)4-9(11(10)14)12(17)18/h4-5,8,15-16H,2-3,6H2,1H3,(H,17,18). The van der Waals surface area contributed by atoms with Gasteiger partial charge in [-0.2, -0.15) is 0 Å². The largest absolute Gasteiger partial charge is 0.478 e. The highest BCUT2D eigenvalue weighted by Crippen LogP contribution is 2.24. The highest BCUT2D eigenvalue weighted by atomic mass is 79.9. The molecule has 1 rings (SSSR count). The van der Waals surface area contributed by atoms with E-state index >= 15 is 0 Å². The van der Waals surface area contributed by atoms with Crippen LogP contribution in [-0.4, -0.2) is 37.2 Å². The van der Waals surface area contributed by atoms with E-state index in [2.05, 4.69) is 20.7 Å². The summed E-state index contributed by atoms with van der Waals surface area (Å²) in [5, 5.41) is 18.4. The summed E-state index contributed by atoms with van der Waals surface area (Å²) in [6.07, 6.45) is 0.167. The van der Waals surface area contributed by atoms with Gasteiger partial charge >= 0.3 is 5.97 Å². The van der Waals surface area contributed by atoms with Crippen molar-refractivity contribution < 1.29 is 27.8 Å². The molecule has 0 spiro atoms. The van der Waals surface area contributed by atoms with Crippen LogP contribution in [0.2, 0.25) is 0 Å². The first-order valence-electron chi connectivity index (χ1n) is 6.09. The summed E-state index contributed by atoms with van der Waals surface area (Å²) in [6, 6.07) is 1.94. The molecule has 0 aliphatic rings. The summed E-state index contributed by atoms with van der Waals surface area (Å²) in [4.78, 5) is 10.1. The number of halogens is 2. The minimum atomic E-state index is -4.26. The van der Waals surface area contributed by atoms with E-state index in [1.165, 1.54) is 0 Å². The van der Waals surface area contributed by atoms with Crippen molar-refractivity contribution in [3.05, 3.63) is 28.0 Å². The molecular weight excluding hydrogens is 369 g/mol. The lowest BCUT2D eigenvalue weighted by Gasteiger charge is -2.13. The highest BCUT2D eigenvalue weighted by molar-refractivity contribution is 9.10. The summed E-state index contributed by atoms with van der Waals surface area (Å²) in [5.41, 5.74) is -0.751. The molecule has 0 heterocycles. The van der Waals surface area contributed by atoms with Crippen molar-refractivity contribution in [2.24, 2.45) is 0 Å². The number of carboxylic acid groups (broad SMARTS) is 1. The van der Waals surface area contributed by atoms with E-state index < -0.39 is 38.4 Å². The molecule has 6 nitrogen and oxygen atoms in total. The van der Waals surface area contributed by atoms with E-state index in [1.807, 2.05) is 6.92 Å². The number of hydrogen-bond donors (Lipinski definition) is 3. The Balaban J connectivity index is 3.11. The molecule has 3 N–H and O–H groups in total. The lowest BCUT2D eigenvalue weighted by molar-refractivity contribution is 0.0691. The van der Waals surface area contributed by atoms with E-state index in [-0.39, 0.29) is 11.0 Å². The summed E-state index contributed by atoms with van der Waals surface area (Å²) in [7, 11) is -4.26. The van der Waals surface area contributed by atoms with Crippen LogP contribution in [0.15, 0.2) is 21.5 Å². The number of benzene rings is 1. The molecule has 0 saturated carbocycles. The third-order valence-electron chi connectivity index (χ3n) is 2.65. The zero-order valence-electron chi connectivity index (χ0n) is 11.1. The minimum Gasteiger partial charge on any atom is -0.478 e. The number of aliphatic hydroxyl groups excluding tert-OH is 1. The number of aromatic carboxylic acids is 1. The quantitative estimate of drug-likeness (QED) is 0.664. The molecule has 0 aliphatic carbocycles. The van der Waals surface area contributed by atoms with Crippen molar-refractivity contribution >= 4 is 31.9 Å². The second kappa shape index (κ2) is 7.30. The van der Waals surface area contributed by atoms with Crippen molar-refractivity contribution in [1.82, 2.24) is 4.72 Å². The molecule has 0 aliphatic heterocycles. The zero-order valence-corrected chi connectivity index (χ0v) is 13.5. The van der Waals surface area contributed by atoms with Crippen LogP contribution in [0.25, 0.3) is 0 Å². The average Bonchev–Trinajstić information content (AvgIpc) is 2.39. The van der Waals surface area contributed by atoms with E-state index in [9.17, 15) is 22.7 Å². The van der Waals surface area contributed by atoms with Crippen molar-refractivity contribution in [1.29, 1.82) is 0 Å². The van der Waals surface area contributed by atoms with Gasteiger partial charge in [0.2, 0.25) is 10.0 Å². The van der Waals surface area contributed by atoms with Crippen LogP contribution >= 0.6 is 15.9 Å². The second-order valence-corrected chi connectivity index (χ2v) is 7.02. The molecule has 1 aromatic rings. The lowest BCUT2D eigenvalue weighted by atomic mass is 10.2. The molecule has 0 amide bonds. The molecule has 1 atom stereocenters. The Hall–Kier alpha value is -1.03. The van der Waals surface area contributed by atoms with Crippen molar-refractivity contribution in [3.8, 4) is 0 Å². The maximum Gasteiger partial charge on any atom is 0.338 e. The Morgan fingerprint density at radius 3 is 2.62 bits per heavy atom. The first kappa shape index (κ1) is 18.0. The van der Waals surface area contributed by atoms with Gasteiger partial charge < -0.3 is 10.2 Å². The van der Waals surface area contributed by atoms with Crippen molar-refractivity contribution in [3.63, 3.8) is 0 Å². The molecule has 0 radical (unpaired) electrons. The van der Waals surface area contributed by atoms with Crippen LogP contribution in [0, 0.1) is 5.82 Å². The first-order chi connectivity index (χ1) is 9.69. The monoisotopic (exact) mass is 383 g/mol. The van der Waals surface area contributed by atoms with Crippen LogP contribution in [0.4, 0.5) is 4.39 Å². The normalized spacial score (nSPS) is 13.1. The second-order valence-electron chi connectivity index (χ2n) is 4.37. The minimum absolute atomic E-state index is 0.121. The number of rotatable bonds is 7. The average molecular weight is 384 g/mol. The first-order valence-corrected chi connectivity index (χ1v) is 8.36. The molecule has 21 heavy (non-hydrogen) atoms. The summed E-state index contributed by atoms with van der Waals surface area (Å²) < 4.78 is 40.2. The predicted molar refractivity (Wildman–Crippen MR) is 77.2 cm³/mol. The van der Waals surface area contributed by atoms with E-state index in [1.54, 1.807) is 0 Å². The third-order valence-corrected chi connectivity index (χ3v) is 4.54. The van der Waals surface area contributed by atoms with Gasteiger partial charge in [-0.3, -0.25) is 0 Å². The van der Waals surface area contributed by atoms with Crippen LogP contribution < -0.4 is 4.72 Å². The number of aliphatic hydroxyl groups is 1. The number of sulfonamides is 1. The Labute approximate surface area is 130 Å². The summed E-state index contributed by atoms with van der Waals surface area (Å²) in [5.74, 6) is -2.92. The van der Waals surface area contributed by atoms with E-state index in [0.717, 1.165) is 12.1 Å². The van der Waals surface area contributed by atoms with Gasteiger partial charge in [-0.25, -0.2) is 22.3 Å². The number of carbonyl (C=O) groups is 1. The summed E-state index contributed by atoms with van der Waals surface area (Å²) in [6.45, 7) is 1.55. The predicted octanol–water partition coefficient (Wildman–Crippen LogP) is 1.73. The SMILES string of the molecule is CCCC(O)CNS(=O)(=O)c1cc(Br)cc(C(=O)O)c1F. The molecule has 0 saturated heterocycles. The highest BCUT2D eigenvalue weighted by Gasteiger charge is 2.25. The van der Waals surface area contributed by atoms with Gasteiger partial charge in [0.25, 0.3) is 0 Å².